The van der Waals surface area contributed by atoms with Crippen molar-refractivity contribution in [2.75, 3.05) is 35.5 Å². The van der Waals surface area contributed by atoms with Crippen LogP contribution in [0.4, 0.5) is 0 Å². The van der Waals surface area contributed by atoms with Gasteiger partial charge >= 0.3 is 0 Å². The Morgan fingerprint density at radius 2 is 0.897 bits per heavy atom. The van der Waals surface area contributed by atoms with Crippen LogP contribution in [0.2, 0.25) is 0 Å². The molecule has 0 N–H and O–H groups in total. The molecule has 4 rings (SSSR count). The molecule has 0 heterocycles. The molecular formula is C33H36O6. The highest BCUT2D eigenvalue weighted by Crippen LogP contribution is 2.38. The van der Waals surface area contributed by atoms with Crippen LogP contribution < -0.4 is 28.4 Å². The Labute approximate surface area is 231 Å². The molecule has 204 valence electrons. The van der Waals surface area contributed by atoms with Crippen LogP contribution in [0.1, 0.15) is 22.3 Å². The van der Waals surface area contributed by atoms with Gasteiger partial charge in [-0.2, -0.15) is 0 Å². The topological polar surface area (TPSA) is 55.4 Å². The molecule has 0 unspecified atom stereocenters. The third-order valence-electron chi connectivity index (χ3n) is 6.71. The molecular weight excluding hydrogens is 492 g/mol. The van der Waals surface area contributed by atoms with Crippen LogP contribution in [0.5, 0.6) is 40.2 Å². The van der Waals surface area contributed by atoms with E-state index in [1.54, 1.807) is 35.5 Å². The summed E-state index contributed by atoms with van der Waals surface area (Å²) in [6.07, 6.45) is 3.45. The van der Waals surface area contributed by atoms with Crippen molar-refractivity contribution in [1.82, 2.24) is 0 Å². The second kappa shape index (κ2) is 13.5. The van der Waals surface area contributed by atoms with Crippen molar-refractivity contribution < 1.29 is 28.4 Å². The molecule has 4 aromatic carbocycles. The number of hydrogen-bond acceptors (Lipinski definition) is 6. The van der Waals surface area contributed by atoms with E-state index in [0.717, 1.165) is 60.0 Å². The average molecular weight is 529 g/mol. The van der Waals surface area contributed by atoms with E-state index in [-0.39, 0.29) is 0 Å². The summed E-state index contributed by atoms with van der Waals surface area (Å²) >= 11 is 0. The van der Waals surface area contributed by atoms with E-state index in [1.165, 1.54) is 16.7 Å². The summed E-state index contributed by atoms with van der Waals surface area (Å²) in [5, 5.41) is 0. The van der Waals surface area contributed by atoms with Gasteiger partial charge < -0.3 is 28.4 Å². The van der Waals surface area contributed by atoms with Gasteiger partial charge in [0.25, 0.3) is 0 Å². The third-order valence-corrected chi connectivity index (χ3v) is 6.71. The maximum Gasteiger partial charge on any atom is 0.169 e. The second-order valence-corrected chi connectivity index (χ2v) is 9.10. The van der Waals surface area contributed by atoms with Crippen LogP contribution in [0, 0.1) is 0 Å². The molecule has 0 aliphatic heterocycles. The van der Waals surface area contributed by atoms with Gasteiger partial charge in [0, 0.05) is 6.07 Å². The van der Waals surface area contributed by atoms with E-state index in [2.05, 4.69) is 30.3 Å². The fraction of sp³-hybridized carbons (Fsp3) is 0.273. The van der Waals surface area contributed by atoms with Gasteiger partial charge in [-0.15, -0.1) is 0 Å². The maximum absolute atomic E-state index is 6.27. The van der Waals surface area contributed by atoms with Crippen LogP contribution in [0.25, 0.3) is 0 Å². The van der Waals surface area contributed by atoms with Gasteiger partial charge in [0.05, 0.1) is 35.5 Å². The minimum Gasteiger partial charge on any atom is -0.497 e. The molecule has 0 amide bonds. The zero-order chi connectivity index (χ0) is 27.6. The standard InChI is InChI=1S/C33H36O6/c1-34-27-15-9-24(10-16-27)8-14-26-21-33(32(38-5)22-30(26)36-3)39-28-17-11-23(12-18-28)6-7-25-13-19-29(35-2)31(20-25)37-4/h9-13,15-22H,6-8,14H2,1-5H3. The zero-order valence-corrected chi connectivity index (χ0v) is 23.3. The lowest BCUT2D eigenvalue weighted by Gasteiger charge is -2.16. The van der Waals surface area contributed by atoms with E-state index in [0.29, 0.717) is 11.5 Å². The first-order chi connectivity index (χ1) is 19.1. The Kier molecular flexibility index (Phi) is 9.57. The van der Waals surface area contributed by atoms with Gasteiger partial charge in [-0.3, -0.25) is 0 Å². The highest BCUT2D eigenvalue weighted by atomic mass is 16.5. The van der Waals surface area contributed by atoms with Crippen LogP contribution >= 0.6 is 0 Å². The highest BCUT2D eigenvalue weighted by molar-refractivity contribution is 5.52. The van der Waals surface area contributed by atoms with Gasteiger partial charge in [-0.25, -0.2) is 0 Å². The van der Waals surface area contributed by atoms with Crippen LogP contribution in [0.15, 0.2) is 78.9 Å². The van der Waals surface area contributed by atoms with Gasteiger partial charge in [-0.05, 0) is 90.4 Å². The van der Waals surface area contributed by atoms with Crippen molar-refractivity contribution in [2.45, 2.75) is 25.7 Å². The smallest absolute Gasteiger partial charge is 0.169 e. The number of benzene rings is 4. The summed E-state index contributed by atoms with van der Waals surface area (Å²) in [4.78, 5) is 0. The zero-order valence-electron chi connectivity index (χ0n) is 23.3. The van der Waals surface area contributed by atoms with E-state index < -0.39 is 0 Å². The lowest BCUT2D eigenvalue weighted by molar-refractivity contribution is 0.354. The predicted octanol–water partition coefficient (Wildman–Crippen LogP) is 7.09. The van der Waals surface area contributed by atoms with Crippen LogP contribution in [0.3, 0.4) is 0 Å². The number of rotatable bonds is 13. The van der Waals surface area contributed by atoms with Crippen molar-refractivity contribution in [2.24, 2.45) is 0 Å². The Balaban J connectivity index is 1.43. The lowest BCUT2D eigenvalue weighted by atomic mass is 10.0. The number of aryl methyl sites for hydroxylation is 4. The molecule has 6 heteroatoms. The Morgan fingerprint density at radius 3 is 1.49 bits per heavy atom. The first kappa shape index (κ1) is 27.7. The summed E-state index contributed by atoms with van der Waals surface area (Å²) in [5.41, 5.74) is 4.69. The van der Waals surface area contributed by atoms with Crippen LogP contribution in [-0.2, 0) is 25.7 Å². The largest absolute Gasteiger partial charge is 0.497 e. The summed E-state index contributed by atoms with van der Waals surface area (Å²) in [7, 11) is 8.28. The van der Waals surface area contributed by atoms with Gasteiger partial charge in [-0.1, -0.05) is 30.3 Å². The molecule has 0 radical (unpaired) electrons. The minimum atomic E-state index is 0.623. The van der Waals surface area contributed by atoms with E-state index in [4.69, 9.17) is 28.4 Å². The van der Waals surface area contributed by atoms with Crippen LogP contribution in [-0.4, -0.2) is 35.5 Å². The summed E-state index contributed by atoms with van der Waals surface area (Å²) in [6, 6.07) is 26.2. The first-order valence-electron chi connectivity index (χ1n) is 12.9. The molecule has 39 heavy (non-hydrogen) atoms. The normalized spacial score (nSPS) is 10.6. The van der Waals surface area contributed by atoms with E-state index in [9.17, 15) is 0 Å². The monoisotopic (exact) mass is 528 g/mol. The lowest BCUT2D eigenvalue weighted by Crippen LogP contribution is -1.99. The molecule has 0 aromatic heterocycles. The van der Waals surface area contributed by atoms with Gasteiger partial charge in [0.2, 0.25) is 0 Å². The number of hydrogen-bond donors (Lipinski definition) is 0. The minimum absolute atomic E-state index is 0.623. The molecule has 0 fully saturated rings. The van der Waals surface area contributed by atoms with Crippen molar-refractivity contribution in [3.63, 3.8) is 0 Å². The Bertz CT molecular complexity index is 1350. The molecule has 0 atom stereocenters. The highest BCUT2D eigenvalue weighted by Gasteiger charge is 2.14. The predicted molar refractivity (Wildman–Crippen MR) is 153 cm³/mol. The molecule has 0 saturated carbocycles. The average Bonchev–Trinajstić information content (AvgIpc) is 2.99. The number of ether oxygens (including phenoxy) is 6. The summed E-state index contributed by atoms with van der Waals surface area (Å²) in [5.74, 6) is 5.13. The van der Waals surface area contributed by atoms with Crippen molar-refractivity contribution in [3.05, 3.63) is 101 Å². The third kappa shape index (κ3) is 7.17. The van der Waals surface area contributed by atoms with Crippen molar-refractivity contribution >= 4 is 0 Å². The second-order valence-electron chi connectivity index (χ2n) is 9.10. The van der Waals surface area contributed by atoms with E-state index >= 15 is 0 Å². The molecule has 4 aromatic rings. The summed E-state index contributed by atoms with van der Waals surface area (Å²) in [6.45, 7) is 0. The maximum atomic E-state index is 6.27. The quantitative estimate of drug-likeness (QED) is 0.185. The van der Waals surface area contributed by atoms with E-state index in [1.807, 2.05) is 48.5 Å². The van der Waals surface area contributed by atoms with Gasteiger partial charge in [0.15, 0.2) is 23.0 Å². The SMILES string of the molecule is COc1ccc(CCc2cc(Oc3ccc(CCc4ccc(OC)c(OC)c4)cc3)c(OC)cc2OC)cc1. The number of methoxy groups -OCH3 is 5. The molecule has 6 nitrogen and oxygen atoms in total. The fourth-order valence-corrected chi connectivity index (χ4v) is 4.46. The molecule has 0 saturated heterocycles. The van der Waals surface area contributed by atoms with Crippen molar-refractivity contribution in [1.29, 1.82) is 0 Å². The molecule has 0 aliphatic carbocycles. The fourth-order valence-electron chi connectivity index (χ4n) is 4.46. The molecule has 0 bridgehead atoms. The van der Waals surface area contributed by atoms with Crippen molar-refractivity contribution in [3.8, 4) is 40.2 Å². The first-order valence-corrected chi connectivity index (χ1v) is 12.9. The Hall–Kier alpha value is -4.32. The van der Waals surface area contributed by atoms with Gasteiger partial charge in [0.1, 0.15) is 17.2 Å². The Morgan fingerprint density at radius 1 is 0.385 bits per heavy atom. The summed E-state index contributed by atoms with van der Waals surface area (Å²) < 4.78 is 33.6. The molecule has 0 spiro atoms. The molecule has 0 aliphatic rings.